The summed E-state index contributed by atoms with van der Waals surface area (Å²) in [4.78, 5) is 37.6. The number of unbranched alkanes of at least 4 members (excludes halogenated alkanes) is 35. The van der Waals surface area contributed by atoms with Crippen LogP contribution in [-0.4, -0.2) is 37.2 Å². The third kappa shape index (κ3) is 48.9. The van der Waals surface area contributed by atoms with Gasteiger partial charge in [0.05, 0.1) is 0 Å². The van der Waals surface area contributed by atoms with E-state index < -0.39 is 6.10 Å². The van der Waals surface area contributed by atoms with Crippen molar-refractivity contribution in [2.45, 2.75) is 303 Å². The molecule has 6 heteroatoms. The number of esters is 3. The highest BCUT2D eigenvalue weighted by atomic mass is 16.6. The number of rotatable bonds is 50. The lowest BCUT2D eigenvalue weighted by atomic mass is 10.0. The Morgan fingerprint density at radius 3 is 0.887 bits per heavy atom. The molecule has 0 aliphatic heterocycles. The van der Waals surface area contributed by atoms with Crippen LogP contribution in [0.2, 0.25) is 0 Å². The summed E-state index contributed by atoms with van der Waals surface area (Å²) < 4.78 is 16.7. The van der Waals surface area contributed by atoms with Gasteiger partial charge < -0.3 is 14.2 Å². The number of hydrogen-bond acceptors (Lipinski definition) is 6. The van der Waals surface area contributed by atoms with E-state index in [1.807, 2.05) is 0 Å². The van der Waals surface area contributed by atoms with Crippen molar-refractivity contribution >= 4 is 17.9 Å². The molecule has 0 rings (SSSR count). The largest absolute Gasteiger partial charge is 0.462 e. The number of allylic oxidation sites excluding steroid dienone is 4. The number of hydrogen-bond donors (Lipinski definition) is 0. The van der Waals surface area contributed by atoms with Crippen molar-refractivity contribution < 1.29 is 28.6 Å². The van der Waals surface area contributed by atoms with Crippen LogP contribution in [0.4, 0.5) is 0 Å². The Morgan fingerprint density at radius 1 is 0.323 bits per heavy atom. The standard InChI is InChI=1S/C56H104O6/c1-4-7-10-13-16-18-19-20-21-22-23-24-25-26-27-28-29-30-31-32-33-34-35-36-37-39-40-43-46-49-55(58)61-52-53(51-60-54(57)48-45-42-15-12-9-6-3)62-56(59)50-47-44-41-38-17-14-11-8-5-2/h19-20,22-23,53H,4-18,21,24-52H2,1-3H3/b20-19-,23-22-. The lowest BCUT2D eigenvalue weighted by Gasteiger charge is -2.18. The highest BCUT2D eigenvalue weighted by Crippen LogP contribution is 2.16. The van der Waals surface area contributed by atoms with Crippen LogP contribution in [0.25, 0.3) is 0 Å². The van der Waals surface area contributed by atoms with E-state index in [-0.39, 0.29) is 31.1 Å². The predicted octanol–water partition coefficient (Wildman–Crippen LogP) is 17.9. The summed E-state index contributed by atoms with van der Waals surface area (Å²) in [6.45, 7) is 6.57. The molecule has 1 unspecified atom stereocenters. The fourth-order valence-corrected chi connectivity index (χ4v) is 8.06. The highest BCUT2D eigenvalue weighted by molar-refractivity contribution is 5.71. The first-order valence-corrected chi connectivity index (χ1v) is 27.3. The number of carbonyl (C=O) groups is 3. The van der Waals surface area contributed by atoms with Crippen molar-refractivity contribution in [2.24, 2.45) is 0 Å². The van der Waals surface area contributed by atoms with Crippen LogP contribution in [0, 0.1) is 0 Å². The summed E-state index contributed by atoms with van der Waals surface area (Å²) >= 11 is 0. The van der Waals surface area contributed by atoms with Crippen molar-refractivity contribution in [3.05, 3.63) is 24.3 Å². The Labute approximate surface area is 385 Å². The second kappa shape index (κ2) is 51.5. The molecule has 0 aliphatic carbocycles. The van der Waals surface area contributed by atoms with Crippen LogP contribution in [0.1, 0.15) is 297 Å². The lowest BCUT2D eigenvalue weighted by Crippen LogP contribution is -2.30. The minimum atomic E-state index is -0.760. The zero-order valence-corrected chi connectivity index (χ0v) is 41.7. The summed E-state index contributed by atoms with van der Waals surface area (Å²) in [6.07, 6.45) is 59.4. The average molecular weight is 873 g/mol. The molecule has 0 fully saturated rings. The van der Waals surface area contributed by atoms with Gasteiger partial charge in [-0.3, -0.25) is 14.4 Å². The Balaban J connectivity index is 3.90. The summed E-state index contributed by atoms with van der Waals surface area (Å²) in [6, 6.07) is 0. The fraction of sp³-hybridized carbons (Fsp3) is 0.875. The van der Waals surface area contributed by atoms with E-state index in [1.165, 1.54) is 193 Å². The van der Waals surface area contributed by atoms with Gasteiger partial charge in [-0.2, -0.15) is 0 Å². The van der Waals surface area contributed by atoms with Crippen LogP contribution in [-0.2, 0) is 28.6 Å². The van der Waals surface area contributed by atoms with Crippen LogP contribution in [0.15, 0.2) is 24.3 Å². The molecule has 0 aromatic rings. The summed E-state index contributed by atoms with van der Waals surface area (Å²) in [7, 11) is 0. The van der Waals surface area contributed by atoms with Crippen LogP contribution in [0.5, 0.6) is 0 Å². The molecule has 0 aliphatic rings. The molecule has 62 heavy (non-hydrogen) atoms. The van der Waals surface area contributed by atoms with Crippen molar-refractivity contribution in [1.29, 1.82) is 0 Å². The molecule has 364 valence electrons. The molecule has 0 heterocycles. The Kier molecular flexibility index (Phi) is 49.8. The maximum absolute atomic E-state index is 12.7. The smallest absolute Gasteiger partial charge is 0.306 e. The topological polar surface area (TPSA) is 78.9 Å². The van der Waals surface area contributed by atoms with Crippen molar-refractivity contribution in [2.75, 3.05) is 13.2 Å². The molecule has 0 radical (unpaired) electrons. The molecule has 1 atom stereocenters. The van der Waals surface area contributed by atoms with Crippen LogP contribution < -0.4 is 0 Å². The quantitative estimate of drug-likeness (QED) is 0.0262. The monoisotopic (exact) mass is 873 g/mol. The molecule has 0 saturated carbocycles. The van der Waals surface area contributed by atoms with E-state index in [2.05, 4.69) is 45.1 Å². The fourth-order valence-electron chi connectivity index (χ4n) is 8.06. The van der Waals surface area contributed by atoms with Gasteiger partial charge in [0.2, 0.25) is 0 Å². The molecule has 0 amide bonds. The Bertz CT molecular complexity index is 1000. The molecular weight excluding hydrogens is 769 g/mol. The van der Waals surface area contributed by atoms with Gasteiger partial charge in [0, 0.05) is 19.3 Å². The van der Waals surface area contributed by atoms with Gasteiger partial charge in [-0.25, -0.2) is 0 Å². The molecule has 6 nitrogen and oxygen atoms in total. The molecule has 0 aromatic heterocycles. The first-order valence-electron chi connectivity index (χ1n) is 27.3. The summed E-state index contributed by atoms with van der Waals surface area (Å²) in [5.41, 5.74) is 0. The maximum Gasteiger partial charge on any atom is 0.306 e. The molecule has 0 N–H and O–H groups in total. The van der Waals surface area contributed by atoms with E-state index in [1.54, 1.807) is 0 Å². The summed E-state index contributed by atoms with van der Waals surface area (Å²) in [5.74, 6) is -0.867. The second-order valence-electron chi connectivity index (χ2n) is 18.5. The first-order chi connectivity index (χ1) is 30.5. The predicted molar refractivity (Wildman–Crippen MR) is 266 cm³/mol. The number of ether oxygens (including phenoxy) is 3. The number of carbonyl (C=O) groups excluding carboxylic acids is 3. The van der Waals surface area contributed by atoms with E-state index >= 15 is 0 Å². The third-order valence-corrected chi connectivity index (χ3v) is 12.2. The van der Waals surface area contributed by atoms with Crippen molar-refractivity contribution in [3.63, 3.8) is 0 Å². The minimum Gasteiger partial charge on any atom is -0.462 e. The van der Waals surface area contributed by atoms with E-state index in [4.69, 9.17) is 14.2 Å². The van der Waals surface area contributed by atoms with E-state index in [0.29, 0.717) is 19.3 Å². The third-order valence-electron chi connectivity index (χ3n) is 12.2. The lowest BCUT2D eigenvalue weighted by molar-refractivity contribution is -0.167. The summed E-state index contributed by atoms with van der Waals surface area (Å²) in [5, 5.41) is 0. The van der Waals surface area contributed by atoms with Gasteiger partial charge in [0.1, 0.15) is 13.2 Å². The zero-order valence-electron chi connectivity index (χ0n) is 41.7. The van der Waals surface area contributed by atoms with Crippen LogP contribution in [0.3, 0.4) is 0 Å². The molecular formula is C56H104O6. The van der Waals surface area contributed by atoms with Gasteiger partial charge >= 0.3 is 17.9 Å². The Hall–Kier alpha value is -2.11. The normalized spacial score (nSPS) is 12.1. The molecule has 0 bridgehead atoms. The van der Waals surface area contributed by atoms with Gasteiger partial charge in [0.15, 0.2) is 6.10 Å². The van der Waals surface area contributed by atoms with Gasteiger partial charge in [-0.05, 0) is 51.4 Å². The maximum atomic E-state index is 12.7. The van der Waals surface area contributed by atoms with E-state index in [9.17, 15) is 14.4 Å². The molecule has 0 saturated heterocycles. The molecule has 0 spiro atoms. The Morgan fingerprint density at radius 2 is 0.581 bits per heavy atom. The minimum absolute atomic E-state index is 0.0665. The van der Waals surface area contributed by atoms with Gasteiger partial charge in [0.25, 0.3) is 0 Å². The van der Waals surface area contributed by atoms with Crippen LogP contribution >= 0.6 is 0 Å². The van der Waals surface area contributed by atoms with Gasteiger partial charge in [-0.15, -0.1) is 0 Å². The van der Waals surface area contributed by atoms with E-state index in [0.717, 1.165) is 64.2 Å². The van der Waals surface area contributed by atoms with Crippen molar-refractivity contribution in [3.8, 4) is 0 Å². The van der Waals surface area contributed by atoms with Gasteiger partial charge in [-0.1, -0.05) is 251 Å². The average Bonchev–Trinajstić information content (AvgIpc) is 3.27. The van der Waals surface area contributed by atoms with Crippen molar-refractivity contribution in [1.82, 2.24) is 0 Å². The molecule has 0 aromatic carbocycles. The first kappa shape index (κ1) is 59.9. The zero-order chi connectivity index (χ0) is 45.1. The second-order valence-corrected chi connectivity index (χ2v) is 18.5. The SMILES string of the molecule is CCCCCCC/C=C\C/C=C\CCCCCCCCCCCCCCCCCCCC(=O)OCC(COC(=O)CCCCCCCC)OC(=O)CCCCCCCCCCC. The highest BCUT2D eigenvalue weighted by Gasteiger charge is 2.19.